The molecule has 0 aliphatic heterocycles. The molecule has 1 unspecified atom stereocenters. The topological polar surface area (TPSA) is 114 Å². The summed E-state index contributed by atoms with van der Waals surface area (Å²) < 4.78 is 17.2. The van der Waals surface area contributed by atoms with Gasteiger partial charge in [0.25, 0.3) is 0 Å². The molecule has 4 N–H and O–H groups in total. The van der Waals surface area contributed by atoms with E-state index < -0.39 is 5.97 Å². The van der Waals surface area contributed by atoms with Gasteiger partial charge in [-0.3, -0.25) is 0 Å². The number of rotatable bonds is 14. The lowest BCUT2D eigenvalue weighted by Gasteiger charge is -2.28. The van der Waals surface area contributed by atoms with E-state index in [0.29, 0.717) is 16.9 Å². The van der Waals surface area contributed by atoms with E-state index in [-0.39, 0.29) is 30.7 Å². The van der Waals surface area contributed by atoms with Crippen LogP contribution in [0.2, 0.25) is 0 Å². The summed E-state index contributed by atoms with van der Waals surface area (Å²) in [6.07, 6.45) is 11.9. The summed E-state index contributed by atoms with van der Waals surface area (Å²) in [5.41, 5.74) is 15.4. The van der Waals surface area contributed by atoms with Crippen molar-refractivity contribution in [2.24, 2.45) is 0 Å². The van der Waals surface area contributed by atoms with Crippen LogP contribution in [0.3, 0.4) is 0 Å². The fourth-order valence-corrected chi connectivity index (χ4v) is 4.79. The quantitative estimate of drug-likeness (QED) is 0.120. The number of nitrogens with two attached hydrogens (primary N) is 2. The molecule has 0 radical (unpaired) electrons. The third-order valence-electron chi connectivity index (χ3n) is 7.11. The van der Waals surface area contributed by atoms with E-state index in [2.05, 4.69) is 13.8 Å². The highest BCUT2D eigenvalue weighted by Crippen LogP contribution is 2.27. The van der Waals surface area contributed by atoms with Crippen LogP contribution in [0.25, 0.3) is 6.08 Å². The van der Waals surface area contributed by atoms with Gasteiger partial charge in [-0.25, -0.2) is 9.59 Å². The number of hydrogen-bond acceptors (Lipinski definition) is 7. The molecule has 0 saturated heterocycles. The van der Waals surface area contributed by atoms with Gasteiger partial charge in [0.15, 0.2) is 0 Å². The first kappa shape index (κ1) is 30.2. The molecule has 0 heterocycles. The standard InChI is InChI=1S/C32H44N2O5/c1-3-5-7-25(26-19-27(33)21-28(34)20-26)22-38-31(35)17-10-23-8-11-24(12-9-23)32(36)39-30-15-13-29(14-16-30)37-18-6-4-2/h8-12,17,19-21,25,29-30H,3-7,13-16,18,22,33-34H2,1-2H3. The highest BCUT2D eigenvalue weighted by atomic mass is 16.5. The van der Waals surface area contributed by atoms with Crippen LogP contribution in [0.4, 0.5) is 11.4 Å². The summed E-state index contributed by atoms with van der Waals surface area (Å²) in [6, 6.07) is 12.5. The Morgan fingerprint density at radius 1 is 0.923 bits per heavy atom. The second kappa shape index (κ2) is 15.9. The summed E-state index contributed by atoms with van der Waals surface area (Å²) in [5, 5.41) is 0. The zero-order valence-corrected chi connectivity index (χ0v) is 23.4. The normalized spacial score (nSPS) is 18.1. The molecule has 2 aromatic rings. The van der Waals surface area contributed by atoms with Crippen molar-refractivity contribution in [3.63, 3.8) is 0 Å². The van der Waals surface area contributed by atoms with E-state index in [1.807, 2.05) is 12.1 Å². The van der Waals surface area contributed by atoms with Crippen LogP contribution in [0, 0.1) is 0 Å². The zero-order valence-electron chi connectivity index (χ0n) is 23.4. The number of benzene rings is 2. The van der Waals surface area contributed by atoms with E-state index in [0.717, 1.165) is 75.5 Å². The van der Waals surface area contributed by atoms with Crippen LogP contribution >= 0.6 is 0 Å². The summed E-state index contributed by atoms with van der Waals surface area (Å²) in [4.78, 5) is 25.0. The Bertz CT molecular complexity index is 1050. The number of carbonyl (C=O) groups excluding carboxylic acids is 2. The Morgan fingerprint density at radius 2 is 1.56 bits per heavy atom. The van der Waals surface area contributed by atoms with Gasteiger partial charge in [0, 0.05) is 30.0 Å². The van der Waals surface area contributed by atoms with Gasteiger partial charge >= 0.3 is 11.9 Å². The number of carbonyl (C=O) groups is 2. The van der Waals surface area contributed by atoms with Crippen molar-refractivity contribution in [1.29, 1.82) is 0 Å². The summed E-state index contributed by atoms with van der Waals surface area (Å²) in [6.45, 7) is 5.34. The van der Waals surface area contributed by atoms with Gasteiger partial charge in [-0.05, 0) is 86.1 Å². The smallest absolute Gasteiger partial charge is 0.338 e. The lowest BCUT2D eigenvalue weighted by Crippen LogP contribution is -2.28. The molecule has 1 saturated carbocycles. The lowest BCUT2D eigenvalue weighted by atomic mass is 9.93. The first-order chi connectivity index (χ1) is 18.9. The second-order valence-corrected chi connectivity index (χ2v) is 10.4. The van der Waals surface area contributed by atoms with E-state index in [1.165, 1.54) is 6.08 Å². The molecule has 0 aromatic heterocycles. The molecule has 39 heavy (non-hydrogen) atoms. The molecule has 7 heteroatoms. The van der Waals surface area contributed by atoms with Crippen molar-refractivity contribution in [1.82, 2.24) is 0 Å². The number of ether oxygens (including phenoxy) is 3. The molecule has 3 rings (SSSR count). The van der Waals surface area contributed by atoms with Crippen LogP contribution in [0.15, 0.2) is 48.5 Å². The largest absolute Gasteiger partial charge is 0.462 e. The van der Waals surface area contributed by atoms with Crippen LogP contribution < -0.4 is 11.5 Å². The predicted octanol–water partition coefficient (Wildman–Crippen LogP) is 6.67. The molecule has 212 valence electrons. The fraction of sp³-hybridized carbons (Fsp3) is 0.500. The van der Waals surface area contributed by atoms with Gasteiger partial charge in [0.05, 0.1) is 18.3 Å². The monoisotopic (exact) mass is 536 g/mol. The van der Waals surface area contributed by atoms with E-state index >= 15 is 0 Å². The minimum Gasteiger partial charge on any atom is -0.462 e. The molecular formula is C32H44N2O5. The maximum atomic E-state index is 12.6. The third-order valence-corrected chi connectivity index (χ3v) is 7.11. The van der Waals surface area contributed by atoms with Gasteiger partial charge in [-0.2, -0.15) is 0 Å². The first-order valence-corrected chi connectivity index (χ1v) is 14.3. The van der Waals surface area contributed by atoms with Crippen molar-refractivity contribution < 1.29 is 23.8 Å². The van der Waals surface area contributed by atoms with Crippen LogP contribution in [-0.2, 0) is 19.0 Å². The maximum absolute atomic E-state index is 12.6. The Hall–Kier alpha value is -3.32. The van der Waals surface area contributed by atoms with Crippen molar-refractivity contribution in [2.45, 2.75) is 89.8 Å². The average Bonchev–Trinajstić information content (AvgIpc) is 2.92. The van der Waals surface area contributed by atoms with Gasteiger partial charge in [0.1, 0.15) is 6.10 Å². The maximum Gasteiger partial charge on any atom is 0.338 e. The van der Waals surface area contributed by atoms with Crippen molar-refractivity contribution in [3.8, 4) is 0 Å². The zero-order chi connectivity index (χ0) is 28.0. The Kier molecular flexibility index (Phi) is 12.4. The minimum absolute atomic E-state index is 0.0297. The molecule has 1 fully saturated rings. The summed E-state index contributed by atoms with van der Waals surface area (Å²) in [5.74, 6) is -0.714. The summed E-state index contributed by atoms with van der Waals surface area (Å²) in [7, 11) is 0. The molecule has 2 aromatic carbocycles. The number of anilines is 2. The number of nitrogen functional groups attached to an aromatic ring is 2. The third kappa shape index (κ3) is 10.4. The number of unbranched alkanes of at least 4 members (excludes halogenated alkanes) is 2. The molecule has 0 amide bonds. The highest BCUT2D eigenvalue weighted by Gasteiger charge is 2.24. The number of hydrogen-bond donors (Lipinski definition) is 2. The average molecular weight is 537 g/mol. The fourth-order valence-electron chi connectivity index (χ4n) is 4.79. The van der Waals surface area contributed by atoms with Gasteiger partial charge in [-0.1, -0.05) is 45.2 Å². The van der Waals surface area contributed by atoms with E-state index in [9.17, 15) is 9.59 Å². The molecule has 0 bridgehead atoms. The molecule has 1 atom stereocenters. The molecule has 7 nitrogen and oxygen atoms in total. The van der Waals surface area contributed by atoms with E-state index in [4.69, 9.17) is 25.7 Å². The van der Waals surface area contributed by atoms with Crippen LogP contribution in [-0.4, -0.2) is 37.4 Å². The molecule has 1 aliphatic carbocycles. The second-order valence-electron chi connectivity index (χ2n) is 10.4. The van der Waals surface area contributed by atoms with Gasteiger partial charge in [0.2, 0.25) is 0 Å². The van der Waals surface area contributed by atoms with Gasteiger partial charge in [-0.15, -0.1) is 0 Å². The minimum atomic E-state index is -0.425. The molecular weight excluding hydrogens is 492 g/mol. The first-order valence-electron chi connectivity index (χ1n) is 14.3. The van der Waals surface area contributed by atoms with Crippen molar-refractivity contribution in [3.05, 3.63) is 65.2 Å². The molecule has 1 aliphatic rings. The van der Waals surface area contributed by atoms with Crippen molar-refractivity contribution in [2.75, 3.05) is 24.7 Å². The predicted molar refractivity (Wildman–Crippen MR) is 156 cm³/mol. The molecule has 0 spiro atoms. The van der Waals surface area contributed by atoms with Crippen molar-refractivity contribution >= 4 is 29.4 Å². The van der Waals surface area contributed by atoms with E-state index in [1.54, 1.807) is 36.4 Å². The van der Waals surface area contributed by atoms with Crippen LogP contribution in [0.1, 0.15) is 99.0 Å². The number of esters is 2. The Labute approximate surface area is 232 Å². The summed E-state index contributed by atoms with van der Waals surface area (Å²) >= 11 is 0. The Morgan fingerprint density at radius 3 is 2.21 bits per heavy atom. The Balaban J connectivity index is 1.46. The van der Waals surface area contributed by atoms with Crippen LogP contribution in [0.5, 0.6) is 0 Å². The van der Waals surface area contributed by atoms with Gasteiger partial charge < -0.3 is 25.7 Å². The lowest BCUT2D eigenvalue weighted by molar-refractivity contribution is -0.138. The SMILES string of the molecule is CCCCOC1CCC(OC(=O)c2ccc(C=CC(=O)OCC(CCCC)c3cc(N)cc(N)c3)cc2)CC1. The highest BCUT2D eigenvalue weighted by molar-refractivity contribution is 5.90.